The molecule has 0 spiro atoms. The van der Waals surface area contributed by atoms with Crippen LogP contribution in [0.15, 0.2) is 30.9 Å². The van der Waals surface area contributed by atoms with E-state index < -0.39 is 36.1 Å². The summed E-state index contributed by atoms with van der Waals surface area (Å²) in [5, 5.41) is 0. The molecule has 1 heterocycles. The number of carbonyl (C=O) groups excluding carboxylic acids is 2. The van der Waals surface area contributed by atoms with E-state index in [1.807, 2.05) is 13.2 Å². The molecule has 0 unspecified atom stereocenters. The van der Waals surface area contributed by atoms with Crippen LogP contribution in [0.2, 0.25) is 0 Å². The van der Waals surface area contributed by atoms with Crippen LogP contribution in [0, 0.1) is 11.7 Å². The fraction of sp³-hybridized carbons (Fsp3) is 0.524. The number of carbonyl (C=O) groups is 2. The van der Waals surface area contributed by atoms with Crippen molar-refractivity contribution < 1.29 is 32.9 Å². The summed E-state index contributed by atoms with van der Waals surface area (Å²) < 4.78 is 36.8. The Kier molecular flexibility index (Phi) is 8.67. The number of thioether (sulfide) groups is 1. The molecule has 1 aromatic rings. The lowest BCUT2D eigenvalue weighted by Crippen LogP contribution is -2.52. The predicted octanol–water partition coefficient (Wildman–Crippen LogP) is 3.79. The first-order chi connectivity index (χ1) is 13.8. The molecule has 5 atom stereocenters. The Morgan fingerprint density at radius 3 is 2.48 bits per heavy atom. The zero-order valence-electron chi connectivity index (χ0n) is 17.1. The normalized spacial score (nSPS) is 26.6. The minimum atomic E-state index is -0.859. The van der Waals surface area contributed by atoms with Gasteiger partial charge in [-0.05, 0) is 24.0 Å². The van der Waals surface area contributed by atoms with E-state index in [-0.39, 0.29) is 18.0 Å². The first kappa shape index (κ1) is 23.4. The van der Waals surface area contributed by atoms with Crippen molar-refractivity contribution in [2.75, 3.05) is 12.9 Å². The zero-order chi connectivity index (χ0) is 21.6. The molecule has 1 aromatic carbocycles. The maximum Gasteiger partial charge on any atom is 0.303 e. The van der Waals surface area contributed by atoms with Gasteiger partial charge in [-0.1, -0.05) is 19.1 Å². The van der Waals surface area contributed by atoms with Gasteiger partial charge in [0.1, 0.15) is 23.5 Å². The Hall–Kier alpha value is -1.90. The zero-order valence-corrected chi connectivity index (χ0v) is 17.9. The molecule has 1 fully saturated rings. The van der Waals surface area contributed by atoms with Crippen LogP contribution in [0.5, 0.6) is 0 Å². The molecule has 0 radical (unpaired) electrons. The number of hydrogen-bond donors (Lipinski definition) is 0. The molecular formula is C21H27FO6S. The van der Waals surface area contributed by atoms with Crippen LogP contribution < -0.4 is 0 Å². The highest BCUT2D eigenvalue weighted by molar-refractivity contribution is 7.99. The Morgan fingerprint density at radius 2 is 1.90 bits per heavy atom. The lowest BCUT2D eigenvalue weighted by atomic mass is 9.89. The van der Waals surface area contributed by atoms with Crippen molar-refractivity contribution in [3.8, 4) is 0 Å². The first-order valence-electron chi connectivity index (χ1n) is 9.28. The average molecular weight is 427 g/mol. The Morgan fingerprint density at radius 1 is 1.24 bits per heavy atom. The van der Waals surface area contributed by atoms with Gasteiger partial charge in [0, 0.05) is 25.3 Å². The summed E-state index contributed by atoms with van der Waals surface area (Å²) in [7, 11) is 0. The van der Waals surface area contributed by atoms with Crippen LogP contribution >= 0.6 is 11.8 Å². The van der Waals surface area contributed by atoms with Crippen LogP contribution in [0.4, 0.5) is 4.39 Å². The van der Waals surface area contributed by atoms with E-state index in [4.69, 9.17) is 18.9 Å². The summed E-state index contributed by atoms with van der Waals surface area (Å²) in [6.07, 6.45) is 1.18. The number of esters is 2. The van der Waals surface area contributed by atoms with Crippen LogP contribution in [0.25, 0.3) is 0 Å². The molecule has 1 aliphatic heterocycles. The number of rotatable bonds is 8. The highest BCUT2D eigenvalue weighted by atomic mass is 32.2. The molecule has 2 rings (SSSR count). The molecule has 1 aliphatic rings. The topological polar surface area (TPSA) is 71.1 Å². The quantitative estimate of drug-likeness (QED) is 0.356. The maximum absolute atomic E-state index is 14.2. The van der Waals surface area contributed by atoms with E-state index in [2.05, 4.69) is 6.58 Å². The van der Waals surface area contributed by atoms with Gasteiger partial charge in [0.25, 0.3) is 0 Å². The summed E-state index contributed by atoms with van der Waals surface area (Å²) >= 11 is 1.46. The van der Waals surface area contributed by atoms with Gasteiger partial charge in [-0.15, -0.1) is 18.3 Å². The summed E-state index contributed by atoms with van der Waals surface area (Å²) in [5.74, 6) is -1.63. The Bertz CT molecular complexity index is 740. The number of benzene rings is 1. The van der Waals surface area contributed by atoms with E-state index in [1.165, 1.54) is 31.7 Å². The fourth-order valence-electron chi connectivity index (χ4n) is 3.33. The van der Waals surface area contributed by atoms with Gasteiger partial charge in [0.05, 0.1) is 13.2 Å². The molecule has 0 amide bonds. The second-order valence-electron chi connectivity index (χ2n) is 6.82. The third-order valence-corrected chi connectivity index (χ3v) is 5.58. The van der Waals surface area contributed by atoms with Gasteiger partial charge in [0.2, 0.25) is 0 Å². The minimum absolute atomic E-state index is 0.0619. The van der Waals surface area contributed by atoms with E-state index in [0.29, 0.717) is 17.7 Å². The SMILES string of the molecule is C=CCOCc1cc([C@@H]2O[C@H](SC)[C@@H](C)[C@H](OC(C)=O)[C@H]2OC(C)=O)ccc1F. The van der Waals surface area contributed by atoms with Gasteiger partial charge < -0.3 is 18.9 Å². The molecule has 160 valence electrons. The van der Waals surface area contributed by atoms with Crippen LogP contribution in [-0.2, 0) is 35.1 Å². The molecule has 0 bridgehead atoms. The van der Waals surface area contributed by atoms with Crippen molar-refractivity contribution in [2.24, 2.45) is 5.92 Å². The Labute approximate surface area is 174 Å². The predicted molar refractivity (Wildman–Crippen MR) is 108 cm³/mol. The molecule has 0 aliphatic carbocycles. The van der Waals surface area contributed by atoms with E-state index in [1.54, 1.807) is 18.2 Å². The summed E-state index contributed by atoms with van der Waals surface area (Å²) in [5.41, 5.74) is 0.650. The summed E-state index contributed by atoms with van der Waals surface area (Å²) in [6, 6.07) is 4.52. The highest BCUT2D eigenvalue weighted by Crippen LogP contribution is 2.42. The van der Waals surface area contributed by atoms with Crippen LogP contribution in [0.3, 0.4) is 0 Å². The summed E-state index contributed by atoms with van der Waals surface area (Å²) in [6.45, 7) is 8.39. The van der Waals surface area contributed by atoms with Crippen molar-refractivity contribution in [1.82, 2.24) is 0 Å². The van der Waals surface area contributed by atoms with E-state index in [9.17, 15) is 14.0 Å². The average Bonchev–Trinajstić information content (AvgIpc) is 2.66. The van der Waals surface area contributed by atoms with Gasteiger partial charge >= 0.3 is 11.9 Å². The maximum atomic E-state index is 14.2. The lowest BCUT2D eigenvalue weighted by molar-refractivity contribution is -0.211. The van der Waals surface area contributed by atoms with Gasteiger partial charge in [0.15, 0.2) is 6.10 Å². The first-order valence-corrected chi connectivity index (χ1v) is 10.6. The van der Waals surface area contributed by atoms with Crippen molar-refractivity contribution in [1.29, 1.82) is 0 Å². The van der Waals surface area contributed by atoms with Gasteiger partial charge in [-0.25, -0.2) is 4.39 Å². The number of halogens is 1. The standard InChI is InChI=1S/C21H27FO6S/c1-6-9-25-11-16-10-15(7-8-17(16)22)19-20(27-14(4)24)18(26-13(3)23)12(2)21(28-19)29-5/h6-8,10,12,18-21H,1,9,11H2,2-5H3/t12-,18-,19-,20+,21+/m0/s1. The molecule has 29 heavy (non-hydrogen) atoms. The van der Waals surface area contributed by atoms with Crippen molar-refractivity contribution in [3.63, 3.8) is 0 Å². The highest BCUT2D eigenvalue weighted by Gasteiger charge is 2.48. The van der Waals surface area contributed by atoms with Gasteiger partial charge in [-0.3, -0.25) is 9.59 Å². The largest absolute Gasteiger partial charge is 0.458 e. The third kappa shape index (κ3) is 6.04. The minimum Gasteiger partial charge on any atom is -0.458 e. The molecule has 1 saturated heterocycles. The molecular weight excluding hydrogens is 399 g/mol. The summed E-state index contributed by atoms with van der Waals surface area (Å²) in [4.78, 5) is 23.4. The second-order valence-corrected chi connectivity index (χ2v) is 7.76. The number of ether oxygens (including phenoxy) is 4. The van der Waals surface area contributed by atoms with Crippen molar-refractivity contribution in [3.05, 3.63) is 47.8 Å². The van der Waals surface area contributed by atoms with Crippen LogP contribution in [0.1, 0.15) is 38.0 Å². The molecule has 8 heteroatoms. The monoisotopic (exact) mass is 426 g/mol. The molecule has 6 nitrogen and oxygen atoms in total. The Balaban J connectivity index is 2.42. The smallest absolute Gasteiger partial charge is 0.303 e. The van der Waals surface area contributed by atoms with Gasteiger partial charge in [-0.2, -0.15) is 0 Å². The number of hydrogen-bond acceptors (Lipinski definition) is 7. The lowest BCUT2D eigenvalue weighted by Gasteiger charge is -2.44. The van der Waals surface area contributed by atoms with Crippen molar-refractivity contribution >= 4 is 23.7 Å². The molecule has 0 N–H and O–H groups in total. The van der Waals surface area contributed by atoms with Crippen molar-refractivity contribution in [2.45, 2.75) is 51.1 Å². The molecule has 0 saturated carbocycles. The molecule has 0 aromatic heterocycles. The fourth-order valence-corrected chi connectivity index (χ4v) is 4.15. The van der Waals surface area contributed by atoms with Crippen LogP contribution in [-0.4, -0.2) is 42.4 Å². The van der Waals surface area contributed by atoms with E-state index >= 15 is 0 Å². The third-order valence-electron chi connectivity index (χ3n) is 4.58. The van der Waals surface area contributed by atoms with E-state index in [0.717, 1.165) is 0 Å². The second kappa shape index (κ2) is 10.8.